The number of rotatable bonds is 3. The number of aliphatic hydroxyl groups is 1. The molecule has 66 valence electrons. The van der Waals surface area contributed by atoms with E-state index in [1.165, 1.54) is 0 Å². The molecule has 0 aliphatic heterocycles. The topological polar surface area (TPSA) is 66.5 Å². The number of phenolic OH excluding ortho intramolecular Hbond substituents is 1. The Balaban J connectivity index is 2.58. The van der Waals surface area contributed by atoms with Gasteiger partial charge >= 0.3 is 0 Å². The third kappa shape index (κ3) is 2.53. The standard InChI is InChI=1S/C9H13NO2/c10-6-9(12)5-7-1-3-8(11)4-2-7/h1-4,9,11-12H,5-6,10H2. The molecule has 1 aromatic carbocycles. The molecule has 0 saturated heterocycles. The van der Waals surface area contributed by atoms with E-state index >= 15 is 0 Å². The van der Waals surface area contributed by atoms with Crippen molar-refractivity contribution in [3.05, 3.63) is 29.8 Å². The summed E-state index contributed by atoms with van der Waals surface area (Å²) < 4.78 is 0. The molecule has 0 aliphatic carbocycles. The number of aromatic hydroxyl groups is 1. The van der Waals surface area contributed by atoms with Gasteiger partial charge in [-0.05, 0) is 24.1 Å². The molecule has 3 nitrogen and oxygen atoms in total. The summed E-state index contributed by atoms with van der Waals surface area (Å²) >= 11 is 0. The van der Waals surface area contributed by atoms with Gasteiger partial charge in [0.05, 0.1) is 6.10 Å². The van der Waals surface area contributed by atoms with Gasteiger partial charge in [0, 0.05) is 6.54 Å². The Morgan fingerprint density at radius 3 is 2.33 bits per heavy atom. The van der Waals surface area contributed by atoms with Crippen molar-refractivity contribution in [1.29, 1.82) is 0 Å². The SMILES string of the molecule is NCC(O)Cc1ccc(O)cc1. The van der Waals surface area contributed by atoms with E-state index in [4.69, 9.17) is 10.8 Å². The lowest BCUT2D eigenvalue weighted by molar-refractivity contribution is 0.183. The van der Waals surface area contributed by atoms with Crippen LogP contribution in [0.15, 0.2) is 24.3 Å². The molecule has 3 heteroatoms. The average Bonchev–Trinajstić information content (AvgIpc) is 2.09. The maximum absolute atomic E-state index is 9.19. The van der Waals surface area contributed by atoms with Gasteiger partial charge < -0.3 is 15.9 Å². The fraction of sp³-hybridized carbons (Fsp3) is 0.333. The summed E-state index contributed by atoms with van der Waals surface area (Å²) in [5.41, 5.74) is 6.23. The van der Waals surface area contributed by atoms with E-state index in [-0.39, 0.29) is 12.3 Å². The van der Waals surface area contributed by atoms with Crippen LogP contribution in [-0.2, 0) is 6.42 Å². The summed E-state index contributed by atoms with van der Waals surface area (Å²) in [6.07, 6.45) is 0.0473. The van der Waals surface area contributed by atoms with E-state index in [9.17, 15) is 5.11 Å². The van der Waals surface area contributed by atoms with Crippen LogP contribution in [0.4, 0.5) is 0 Å². The molecule has 12 heavy (non-hydrogen) atoms. The minimum atomic E-state index is -0.491. The first-order chi connectivity index (χ1) is 5.72. The highest BCUT2D eigenvalue weighted by Gasteiger charge is 2.01. The zero-order valence-corrected chi connectivity index (χ0v) is 6.77. The van der Waals surface area contributed by atoms with Crippen LogP contribution >= 0.6 is 0 Å². The molecule has 1 unspecified atom stereocenters. The van der Waals surface area contributed by atoms with Crippen molar-refractivity contribution in [2.45, 2.75) is 12.5 Å². The van der Waals surface area contributed by atoms with Crippen molar-refractivity contribution in [3.63, 3.8) is 0 Å². The molecule has 0 amide bonds. The summed E-state index contributed by atoms with van der Waals surface area (Å²) in [4.78, 5) is 0. The molecule has 0 bridgehead atoms. The smallest absolute Gasteiger partial charge is 0.115 e. The first kappa shape index (κ1) is 9.03. The second kappa shape index (κ2) is 4.09. The highest BCUT2D eigenvalue weighted by Crippen LogP contribution is 2.10. The monoisotopic (exact) mass is 167 g/mol. The molecule has 0 fully saturated rings. The number of hydrogen-bond donors (Lipinski definition) is 3. The minimum absolute atomic E-state index is 0.237. The van der Waals surface area contributed by atoms with Crippen molar-refractivity contribution in [1.82, 2.24) is 0 Å². The Morgan fingerprint density at radius 2 is 1.83 bits per heavy atom. The molecular formula is C9H13NO2. The summed E-state index contributed by atoms with van der Waals surface area (Å²) in [5, 5.41) is 18.2. The zero-order valence-electron chi connectivity index (χ0n) is 6.77. The van der Waals surface area contributed by atoms with Crippen molar-refractivity contribution < 1.29 is 10.2 Å². The summed E-state index contributed by atoms with van der Waals surface area (Å²) in [5.74, 6) is 0.237. The van der Waals surface area contributed by atoms with Crippen LogP contribution in [0, 0.1) is 0 Å². The number of hydrogen-bond acceptors (Lipinski definition) is 3. The Kier molecular flexibility index (Phi) is 3.08. The van der Waals surface area contributed by atoms with Gasteiger partial charge in [-0.25, -0.2) is 0 Å². The van der Waals surface area contributed by atoms with Crippen LogP contribution in [0.5, 0.6) is 5.75 Å². The van der Waals surface area contributed by atoms with Gasteiger partial charge in [-0.1, -0.05) is 12.1 Å². The molecule has 4 N–H and O–H groups in total. The van der Waals surface area contributed by atoms with E-state index in [0.717, 1.165) is 5.56 Å². The van der Waals surface area contributed by atoms with Crippen molar-refractivity contribution >= 4 is 0 Å². The highest BCUT2D eigenvalue weighted by atomic mass is 16.3. The first-order valence-electron chi connectivity index (χ1n) is 3.88. The van der Waals surface area contributed by atoms with Crippen LogP contribution in [0.25, 0.3) is 0 Å². The van der Waals surface area contributed by atoms with E-state index < -0.39 is 6.10 Å². The van der Waals surface area contributed by atoms with Gasteiger partial charge in [-0.2, -0.15) is 0 Å². The van der Waals surface area contributed by atoms with Gasteiger partial charge in [-0.3, -0.25) is 0 Å². The lowest BCUT2D eigenvalue weighted by Crippen LogP contribution is -2.21. The maximum atomic E-state index is 9.19. The second-order valence-electron chi connectivity index (χ2n) is 2.76. The van der Waals surface area contributed by atoms with E-state index in [1.807, 2.05) is 0 Å². The van der Waals surface area contributed by atoms with E-state index in [2.05, 4.69) is 0 Å². The van der Waals surface area contributed by atoms with Crippen LogP contribution in [0.3, 0.4) is 0 Å². The van der Waals surface area contributed by atoms with Crippen LogP contribution in [0.1, 0.15) is 5.56 Å². The first-order valence-corrected chi connectivity index (χ1v) is 3.88. The third-order valence-corrected chi connectivity index (χ3v) is 1.68. The number of nitrogens with two attached hydrogens (primary N) is 1. The van der Waals surface area contributed by atoms with Crippen molar-refractivity contribution in [2.75, 3.05) is 6.54 Å². The predicted molar refractivity (Wildman–Crippen MR) is 46.9 cm³/mol. The Bertz CT molecular complexity index is 233. The highest BCUT2D eigenvalue weighted by molar-refractivity contribution is 5.26. The van der Waals surface area contributed by atoms with Crippen LogP contribution < -0.4 is 5.73 Å². The molecule has 0 radical (unpaired) electrons. The lowest BCUT2D eigenvalue weighted by Gasteiger charge is -2.06. The number of phenols is 1. The summed E-state index contributed by atoms with van der Waals surface area (Å²) in [6, 6.07) is 6.74. The van der Waals surface area contributed by atoms with Crippen molar-refractivity contribution in [2.24, 2.45) is 5.73 Å². The van der Waals surface area contributed by atoms with Gasteiger partial charge in [0.2, 0.25) is 0 Å². The third-order valence-electron chi connectivity index (χ3n) is 1.68. The maximum Gasteiger partial charge on any atom is 0.115 e. The van der Waals surface area contributed by atoms with E-state index in [1.54, 1.807) is 24.3 Å². The molecule has 0 spiro atoms. The molecule has 0 aromatic heterocycles. The molecule has 1 atom stereocenters. The number of aliphatic hydroxyl groups excluding tert-OH is 1. The molecule has 1 rings (SSSR count). The summed E-state index contributed by atoms with van der Waals surface area (Å²) in [7, 11) is 0. The second-order valence-corrected chi connectivity index (χ2v) is 2.76. The van der Waals surface area contributed by atoms with Crippen molar-refractivity contribution in [3.8, 4) is 5.75 Å². The zero-order chi connectivity index (χ0) is 8.97. The molecule has 1 aromatic rings. The fourth-order valence-electron chi connectivity index (χ4n) is 0.987. The normalized spacial score (nSPS) is 12.8. The average molecular weight is 167 g/mol. The lowest BCUT2D eigenvalue weighted by atomic mass is 10.1. The largest absolute Gasteiger partial charge is 0.508 e. The quantitative estimate of drug-likeness (QED) is 0.604. The van der Waals surface area contributed by atoms with E-state index in [0.29, 0.717) is 6.42 Å². The van der Waals surface area contributed by atoms with Gasteiger partial charge in [0.15, 0.2) is 0 Å². The Hall–Kier alpha value is -1.06. The molecule has 0 aliphatic rings. The van der Waals surface area contributed by atoms with Crippen LogP contribution in [-0.4, -0.2) is 22.9 Å². The minimum Gasteiger partial charge on any atom is -0.508 e. The Labute approximate surface area is 71.5 Å². The molecule has 0 heterocycles. The number of benzene rings is 1. The van der Waals surface area contributed by atoms with Gasteiger partial charge in [-0.15, -0.1) is 0 Å². The van der Waals surface area contributed by atoms with Gasteiger partial charge in [0.1, 0.15) is 5.75 Å². The molecular weight excluding hydrogens is 154 g/mol. The predicted octanol–water partition coefficient (Wildman–Crippen LogP) is 0.254. The molecule has 0 saturated carbocycles. The fourth-order valence-corrected chi connectivity index (χ4v) is 0.987. The Morgan fingerprint density at radius 1 is 1.25 bits per heavy atom. The van der Waals surface area contributed by atoms with Crippen LogP contribution in [0.2, 0.25) is 0 Å². The van der Waals surface area contributed by atoms with Gasteiger partial charge in [0.25, 0.3) is 0 Å². The summed E-state index contributed by atoms with van der Waals surface area (Å²) in [6.45, 7) is 0.265.